The molecule has 29 heavy (non-hydrogen) atoms. The molecule has 0 aliphatic carbocycles. The Bertz CT molecular complexity index is 1100. The first kappa shape index (κ1) is 19.4. The monoisotopic (exact) mass is 409 g/mol. The lowest BCUT2D eigenvalue weighted by molar-refractivity contribution is 0.0714. The number of hydrogen-bond donors (Lipinski definition) is 0. The number of amides is 1. The van der Waals surface area contributed by atoms with Crippen LogP contribution in [0.5, 0.6) is 0 Å². The average Bonchev–Trinajstić information content (AvgIpc) is 3.16. The average molecular weight is 410 g/mol. The highest BCUT2D eigenvalue weighted by Crippen LogP contribution is 2.26. The maximum Gasteiger partial charge on any atom is 0.272 e. The third-order valence-corrected chi connectivity index (χ3v) is 7.69. The number of nitrogens with zero attached hydrogens (tertiary/aromatic N) is 3. The van der Waals surface area contributed by atoms with Crippen LogP contribution in [0.2, 0.25) is 0 Å². The number of sulfone groups is 1. The summed E-state index contributed by atoms with van der Waals surface area (Å²) in [5.41, 5.74) is 2.21. The first-order valence-corrected chi connectivity index (χ1v) is 11.2. The molecular weight excluding hydrogens is 386 g/mol. The van der Waals surface area contributed by atoms with Crippen molar-refractivity contribution in [3.8, 4) is 11.3 Å². The van der Waals surface area contributed by atoms with E-state index in [1.54, 1.807) is 53.0 Å². The second-order valence-electron chi connectivity index (χ2n) is 7.25. The van der Waals surface area contributed by atoms with Crippen molar-refractivity contribution in [2.75, 3.05) is 13.1 Å². The molecule has 0 unspecified atom stereocenters. The van der Waals surface area contributed by atoms with Crippen LogP contribution in [0.15, 0.2) is 71.6 Å². The van der Waals surface area contributed by atoms with Gasteiger partial charge in [-0.15, -0.1) is 0 Å². The van der Waals surface area contributed by atoms with Crippen LogP contribution in [0.3, 0.4) is 0 Å². The van der Waals surface area contributed by atoms with E-state index in [4.69, 9.17) is 0 Å². The molecule has 1 amide bonds. The molecule has 3 aromatic rings. The highest BCUT2D eigenvalue weighted by Gasteiger charge is 2.33. The van der Waals surface area contributed by atoms with Gasteiger partial charge in [-0.2, -0.15) is 5.10 Å². The first-order chi connectivity index (χ1) is 14.0. The highest BCUT2D eigenvalue weighted by atomic mass is 32.2. The molecular formula is C22H23N3O3S. The molecule has 0 spiro atoms. The van der Waals surface area contributed by atoms with E-state index in [1.807, 2.05) is 30.3 Å². The van der Waals surface area contributed by atoms with Gasteiger partial charge in [0.2, 0.25) is 0 Å². The second-order valence-corrected chi connectivity index (χ2v) is 9.48. The van der Waals surface area contributed by atoms with E-state index in [-0.39, 0.29) is 5.91 Å². The molecule has 0 N–H and O–H groups in total. The van der Waals surface area contributed by atoms with Gasteiger partial charge in [-0.3, -0.25) is 9.48 Å². The molecule has 0 saturated carbocycles. The Hall–Kier alpha value is -2.93. The SMILES string of the molecule is Cn1nc(-c2ccccc2)cc1C(=O)N1CCC(S(=O)(=O)c2ccccc2)CC1. The van der Waals surface area contributed by atoms with Crippen LogP contribution in [0.4, 0.5) is 0 Å². The van der Waals surface area contributed by atoms with Crippen molar-refractivity contribution >= 4 is 15.7 Å². The number of aromatic nitrogens is 2. The predicted octanol–water partition coefficient (Wildman–Crippen LogP) is 3.17. The predicted molar refractivity (Wildman–Crippen MR) is 111 cm³/mol. The Balaban J connectivity index is 1.47. The zero-order valence-corrected chi connectivity index (χ0v) is 17.0. The molecule has 0 radical (unpaired) electrons. The van der Waals surface area contributed by atoms with Crippen molar-refractivity contribution in [3.05, 3.63) is 72.4 Å². The number of aryl methyl sites for hydroxylation is 1. The normalized spacial score (nSPS) is 15.4. The lowest BCUT2D eigenvalue weighted by atomic mass is 10.1. The van der Waals surface area contributed by atoms with E-state index in [0.717, 1.165) is 11.3 Å². The molecule has 1 aliphatic heterocycles. The molecule has 1 saturated heterocycles. The number of carbonyl (C=O) groups excluding carboxylic acids is 1. The third kappa shape index (κ3) is 3.82. The first-order valence-electron chi connectivity index (χ1n) is 9.64. The lowest BCUT2D eigenvalue weighted by Crippen LogP contribution is -2.43. The van der Waals surface area contributed by atoms with Gasteiger partial charge in [0, 0.05) is 25.7 Å². The molecule has 1 aliphatic rings. The van der Waals surface area contributed by atoms with Gasteiger partial charge in [-0.25, -0.2) is 8.42 Å². The van der Waals surface area contributed by atoms with Crippen molar-refractivity contribution < 1.29 is 13.2 Å². The summed E-state index contributed by atoms with van der Waals surface area (Å²) in [7, 11) is -1.62. The van der Waals surface area contributed by atoms with E-state index in [1.165, 1.54) is 0 Å². The van der Waals surface area contributed by atoms with Gasteiger partial charge in [-0.1, -0.05) is 48.5 Å². The minimum absolute atomic E-state index is 0.113. The smallest absolute Gasteiger partial charge is 0.272 e. The molecule has 150 valence electrons. The lowest BCUT2D eigenvalue weighted by Gasteiger charge is -2.31. The summed E-state index contributed by atoms with van der Waals surface area (Å²) in [5.74, 6) is -0.113. The maximum absolute atomic E-state index is 13.0. The standard InChI is InChI=1S/C22H23N3O3S/c1-24-21(16-20(23-24)17-8-4-2-5-9-17)22(26)25-14-12-19(13-15-25)29(27,28)18-10-6-3-7-11-18/h2-11,16,19H,12-15H2,1H3. The molecule has 7 heteroatoms. The van der Waals surface area contributed by atoms with Crippen molar-refractivity contribution in [1.29, 1.82) is 0 Å². The molecule has 0 bridgehead atoms. The van der Waals surface area contributed by atoms with Crippen molar-refractivity contribution in [1.82, 2.24) is 14.7 Å². The van der Waals surface area contributed by atoms with Crippen LogP contribution in [0.25, 0.3) is 11.3 Å². The van der Waals surface area contributed by atoms with E-state index < -0.39 is 15.1 Å². The largest absolute Gasteiger partial charge is 0.337 e. The minimum atomic E-state index is -3.37. The van der Waals surface area contributed by atoms with Gasteiger partial charge in [0.15, 0.2) is 9.84 Å². The van der Waals surface area contributed by atoms with Gasteiger partial charge in [0.05, 0.1) is 15.8 Å². The number of rotatable bonds is 4. The topological polar surface area (TPSA) is 72.3 Å². The molecule has 2 aromatic carbocycles. The summed E-state index contributed by atoms with van der Waals surface area (Å²) in [6.45, 7) is 0.836. The van der Waals surface area contributed by atoms with E-state index in [9.17, 15) is 13.2 Å². The molecule has 4 rings (SSSR count). The quantitative estimate of drug-likeness (QED) is 0.664. The number of piperidine rings is 1. The Morgan fingerprint density at radius 2 is 1.55 bits per heavy atom. The molecule has 1 fully saturated rings. The van der Waals surface area contributed by atoms with Crippen LogP contribution in [0, 0.1) is 0 Å². The van der Waals surface area contributed by atoms with Gasteiger partial charge in [0.1, 0.15) is 5.69 Å². The van der Waals surface area contributed by atoms with E-state index in [0.29, 0.717) is 36.5 Å². The van der Waals surface area contributed by atoms with Crippen LogP contribution in [0.1, 0.15) is 23.3 Å². The zero-order chi connectivity index (χ0) is 20.4. The summed E-state index contributed by atoms with van der Waals surface area (Å²) in [6.07, 6.45) is 0.874. The summed E-state index contributed by atoms with van der Waals surface area (Å²) in [6, 6.07) is 20.0. The van der Waals surface area contributed by atoms with Crippen LogP contribution < -0.4 is 0 Å². The van der Waals surface area contributed by atoms with Gasteiger partial charge >= 0.3 is 0 Å². The Kier molecular flexibility index (Phi) is 5.24. The van der Waals surface area contributed by atoms with Crippen molar-refractivity contribution in [3.63, 3.8) is 0 Å². The van der Waals surface area contributed by atoms with Gasteiger partial charge in [-0.05, 0) is 31.0 Å². The highest BCUT2D eigenvalue weighted by molar-refractivity contribution is 7.92. The number of carbonyl (C=O) groups is 1. The number of benzene rings is 2. The van der Waals surface area contributed by atoms with Gasteiger partial charge in [0.25, 0.3) is 5.91 Å². The Labute approximate surface area is 170 Å². The zero-order valence-electron chi connectivity index (χ0n) is 16.2. The molecule has 1 aromatic heterocycles. The Morgan fingerprint density at radius 3 is 2.17 bits per heavy atom. The molecule has 2 heterocycles. The van der Waals surface area contributed by atoms with Crippen LogP contribution in [-0.4, -0.2) is 47.3 Å². The third-order valence-electron chi connectivity index (χ3n) is 5.41. The second kappa shape index (κ2) is 7.83. The van der Waals surface area contributed by atoms with Crippen LogP contribution >= 0.6 is 0 Å². The number of likely N-dealkylation sites (tertiary alicyclic amines) is 1. The molecule has 0 atom stereocenters. The summed E-state index contributed by atoms with van der Waals surface area (Å²) in [4.78, 5) is 15.1. The van der Waals surface area contributed by atoms with Crippen LogP contribution in [-0.2, 0) is 16.9 Å². The van der Waals surface area contributed by atoms with E-state index in [2.05, 4.69) is 5.10 Å². The Morgan fingerprint density at radius 1 is 0.966 bits per heavy atom. The fourth-order valence-electron chi connectivity index (χ4n) is 3.75. The van der Waals surface area contributed by atoms with E-state index >= 15 is 0 Å². The van der Waals surface area contributed by atoms with Crippen molar-refractivity contribution in [2.24, 2.45) is 7.05 Å². The fourth-order valence-corrected chi connectivity index (χ4v) is 5.50. The van der Waals surface area contributed by atoms with Gasteiger partial charge < -0.3 is 4.90 Å². The summed E-state index contributed by atoms with van der Waals surface area (Å²) < 4.78 is 27.3. The number of hydrogen-bond acceptors (Lipinski definition) is 4. The summed E-state index contributed by atoms with van der Waals surface area (Å²) in [5, 5.41) is 4.01. The summed E-state index contributed by atoms with van der Waals surface area (Å²) >= 11 is 0. The van der Waals surface area contributed by atoms with Crippen molar-refractivity contribution in [2.45, 2.75) is 23.0 Å². The minimum Gasteiger partial charge on any atom is -0.337 e. The fraction of sp³-hybridized carbons (Fsp3) is 0.273. The maximum atomic E-state index is 13.0. The molecule has 6 nitrogen and oxygen atoms in total.